The lowest BCUT2D eigenvalue weighted by molar-refractivity contribution is -0.522. The highest BCUT2D eigenvalue weighted by Gasteiger charge is 2.42. The molecular weight excluding hydrogens is 420 g/mol. The molecule has 1 aromatic carbocycles. The number of benzene rings is 1. The molecule has 0 amide bonds. The van der Waals surface area contributed by atoms with Crippen LogP contribution in [0.25, 0.3) is 0 Å². The van der Waals surface area contributed by atoms with Crippen molar-refractivity contribution < 1.29 is 14.1 Å². The van der Waals surface area contributed by atoms with Gasteiger partial charge < -0.3 is 4.74 Å². The zero-order valence-corrected chi connectivity index (χ0v) is 20.7. The molecule has 0 saturated heterocycles. The van der Waals surface area contributed by atoms with E-state index in [1.54, 1.807) is 0 Å². The predicted octanol–water partition coefficient (Wildman–Crippen LogP) is 5.98. The van der Waals surface area contributed by atoms with Gasteiger partial charge in [-0.05, 0) is 67.2 Å². The Hall–Kier alpha value is -2.49. The molecule has 2 aliphatic carbocycles. The van der Waals surface area contributed by atoms with Crippen molar-refractivity contribution >= 4 is 12.7 Å². The zero-order valence-electron chi connectivity index (χ0n) is 20.7. The number of esters is 1. The fourth-order valence-electron chi connectivity index (χ4n) is 5.77. The molecule has 182 valence electrons. The molecule has 0 N–H and O–H groups in total. The largest absolute Gasteiger partial charge is 0.465 e. The molecule has 4 rings (SSSR count). The highest BCUT2D eigenvalue weighted by molar-refractivity contribution is 5.83. The van der Waals surface area contributed by atoms with E-state index in [1.807, 2.05) is 18.5 Å². The van der Waals surface area contributed by atoms with Crippen molar-refractivity contribution in [2.24, 2.45) is 11.8 Å². The van der Waals surface area contributed by atoms with Crippen molar-refractivity contribution in [2.75, 3.05) is 19.7 Å². The van der Waals surface area contributed by atoms with Crippen LogP contribution in [-0.2, 0) is 21.4 Å². The summed E-state index contributed by atoms with van der Waals surface area (Å²) in [6.45, 7) is 6.85. The van der Waals surface area contributed by atoms with E-state index in [4.69, 9.17) is 4.74 Å². The summed E-state index contributed by atoms with van der Waals surface area (Å²) in [4.78, 5) is 17.6. The van der Waals surface area contributed by atoms with Gasteiger partial charge >= 0.3 is 5.97 Å². The van der Waals surface area contributed by atoms with Gasteiger partial charge in [-0.3, -0.25) is 9.78 Å². The lowest BCUT2D eigenvalue weighted by Gasteiger charge is -2.37. The van der Waals surface area contributed by atoms with Crippen molar-refractivity contribution in [1.82, 2.24) is 4.98 Å². The molecule has 1 aromatic heterocycles. The number of aromatic nitrogens is 1. The number of nitrogens with zero attached hydrogens (tertiary/aromatic N) is 2. The van der Waals surface area contributed by atoms with Crippen molar-refractivity contribution in [1.29, 1.82) is 0 Å². The molecule has 4 heteroatoms. The van der Waals surface area contributed by atoms with E-state index in [9.17, 15) is 4.79 Å². The van der Waals surface area contributed by atoms with Crippen LogP contribution in [0.2, 0.25) is 0 Å². The third kappa shape index (κ3) is 6.34. The molecule has 2 unspecified atom stereocenters. The number of carbonyl (C=O) groups excluding carboxylic acids is 1. The maximum absolute atomic E-state index is 13.5. The summed E-state index contributed by atoms with van der Waals surface area (Å²) in [5.41, 5.74) is 2.04. The first-order valence-corrected chi connectivity index (χ1v) is 13.3. The second-order valence-corrected chi connectivity index (χ2v) is 10.4. The molecule has 2 atom stereocenters. The zero-order chi connectivity index (χ0) is 23.6. The van der Waals surface area contributed by atoms with Gasteiger partial charge in [-0.15, -0.1) is 0 Å². The van der Waals surface area contributed by atoms with Crippen LogP contribution in [0.15, 0.2) is 54.9 Å². The van der Waals surface area contributed by atoms with Gasteiger partial charge in [0.25, 0.3) is 0 Å². The average molecular weight is 462 g/mol. The Labute approximate surface area is 205 Å². The van der Waals surface area contributed by atoms with Crippen LogP contribution < -0.4 is 0 Å². The summed E-state index contributed by atoms with van der Waals surface area (Å²) in [5, 5.41) is 0. The maximum atomic E-state index is 13.5. The van der Waals surface area contributed by atoms with Crippen LogP contribution in [0.4, 0.5) is 0 Å². The van der Waals surface area contributed by atoms with Crippen molar-refractivity contribution in [3.63, 3.8) is 0 Å². The number of carbonyl (C=O) groups is 1. The maximum Gasteiger partial charge on any atom is 0.316 e. The van der Waals surface area contributed by atoms with Gasteiger partial charge in [0.15, 0.2) is 0 Å². The van der Waals surface area contributed by atoms with Gasteiger partial charge in [-0.2, -0.15) is 0 Å². The fourth-order valence-corrected chi connectivity index (χ4v) is 5.77. The second kappa shape index (κ2) is 12.3. The summed E-state index contributed by atoms with van der Waals surface area (Å²) in [6, 6.07) is 14.6. The number of aryl methyl sites for hydroxylation is 1. The molecule has 34 heavy (non-hydrogen) atoms. The summed E-state index contributed by atoms with van der Waals surface area (Å²) >= 11 is 0. The van der Waals surface area contributed by atoms with Gasteiger partial charge in [0.1, 0.15) is 19.8 Å². The van der Waals surface area contributed by atoms with E-state index in [0.29, 0.717) is 18.4 Å². The molecule has 2 saturated carbocycles. The number of hydrogen-bond donors (Lipinski definition) is 0. The summed E-state index contributed by atoms with van der Waals surface area (Å²) < 4.78 is 8.28. The van der Waals surface area contributed by atoms with E-state index in [2.05, 4.69) is 52.7 Å². The lowest BCUT2D eigenvalue weighted by atomic mass is 9.72. The molecule has 2 aromatic rings. The van der Waals surface area contributed by atoms with E-state index < -0.39 is 5.41 Å². The van der Waals surface area contributed by atoms with Crippen molar-refractivity contribution in [3.05, 3.63) is 66.0 Å². The molecule has 1 heterocycles. The number of rotatable bonds is 11. The lowest BCUT2D eigenvalue weighted by Crippen LogP contribution is -2.40. The minimum atomic E-state index is -0.448. The van der Waals surface area contributed by atoms with Crippen LogP contribution >= 0.6 is 0 Å². The summed E-state index contributed by atoms with van der Waals surface area (Å²) in [5.74, 6) is 1.17. The Morgan fingerprint density at radius 1 is 0.971 bits per heavy atom. The highest BCUT2D eigenvalue weighted by Crippen LogP contribution is 2.41. The quantitative estimate of drug-likeness (QED) is 0.179. The van der Waals surface area contributed by atoms with Gasteiger partial charge in [0.05, 0.1) is 12.0 Å². The van der Waals surface area contributed by atoms with Crippen LogP contribution in [0.5, 0.6) is 0 Å². The highest BCUT2D eigenvalue weighted by atomic mass is 16.5. The van der Waals surface area contributed by atoms with Gasteiger partial charge in [-0.25, -0.2) is 4.58 Å². The first-order valence-electron chi connectivity index (χ1n) is 13.3. The van der Waals surface area contributed by atoms with E-state index in [1.165, 1.54) is 31.2 Å². The monoisotopic (exact) mass is 461 g/mol. The molecule has 0 aliphatic heterocycles. The Kier molecular flexibility index (Phi) is 8.90. The van der Waals surface area contributed by atoms with E-state index in [0.717, 1.165) is 63.6 Å². The Bertz CT molecular complexity index is 904. The SMILES string of the molecule is C=[N+](CCCc1ccncc1)CCC1CCC1COC(=O)C1(c2ccccc2)CCCCCC1. The van der Waals surface area contributed by atoms with Crippen LogP contribution in [0.1, 0.15) is 75.3 Å². The minimum Gasteiger partial charge on any atom is -0.465 e. The van der Waals surface area contributed by atoms with E-state index in [-0.39, 0.29) is 5.97 Å². The predicted molar refractivity (Wildman–Crippen MR) is 137 cm³/mol. The molecule has 0 spiro atoms. The standard InChI is InChI=1S/C30H41N2O2/c1-32(22-9-10-25-15-20-31-21-16-25)23-17-26-13-14-27(26)24-34-29(33)30(18-7-2-3-8-19-30)28-11-5-4-6-12-28/h4-6,11-12,15-16,20-21,26-27H,1-3,7-10,13-14,17-19,22-24H2/q+1. The Morgan fingerprint density at radius 3 is 2.35 bits per heavy atom. The van der Waals surface area contributed by atoms with Crippen LogP contribution in [-0.4, -0.2) is 41.9 Å². The second-order valence-electron chi connectivity index (χ2n) is 10.4. The fraction of sp³-hybridized carbons (Fsp3) is 0.567. The smallest absolute Gasteiger partial charge is 0.316 e. The third-order valence-corrected chi connectivity index (χ3v) is 8.18. The summed E-state index contributed by atoms with van der Waals surface area (Å²) in [7, 11) is 0. The van der Waals surface area contributed by atoms with Crippen LogP contribution in [0, 0.1) is 11.8 Å². The number of ether oxygens (including phenoxy) is 1. The van der Waals surface area contributed by atoms with Crippen molar-refractivity contribution in [3.8, 4) is 0 Å². The molecule has 0 bridgehead atoms. The third-order valence-electron chi connectivity index (χ3n) is 8.18. The van der Waals surface area contributed by atoms with Gasteiger partial charge in [0.2, 0.25) is 0 Å². The topological polar surface area (TPSA) is 42.2 Å². The van der Waals surface area contributed by atoms with Crippen LogP contribution in [0.3, 0.4) is 0 Å². The van der Waals surface area contributed by atoms with E-state index >= 15 is 0 Å². The van der Waals surface area contributed by atoms with Crippen molar-refractivity contribution in [2.45, 2.75) is 76.0 Å². The minimum absolute atomic E-state index is 0.0150. The molecule has 2 aliphatic rings. The summed E-state index contributed by atoms with van der Waals surface area (Å²) in [6.07, 6.45) is 16.0. The first-order chi connectivity index (χ1) is 16.7. The molecule has 2 fully saturated rings. The molecular formula is C30H41N2O2+. The van der Waals surface area contributed by atoms with Gasteiger partial charge in [0, 0.05) is 25.2 Å². The molecule has 0 radical (unpaired) electrons. The Balaban J connectivity index is 1.22. The normalized spacial score (nSPS) is 21.8. The Morgan fingerprint density at radius 2 is 1.68 bits per heavy atom. The number of pyridine rings is 1. The number of hydrogen-bond acceptors (Lipinski definition) is 3. The molecule has 4 nitrogen and oxygen atoms in total. The van der Waals surface area contributed by atoms with Gasteiger partial charge in [-0.1, -0.05) is 56.0 Å². The first kappa shape index (κ1) is 24.6. The average Bonchev–Trinajstić information content (AvgIpc) is 3.12.